The second-order valence-electron chi connectivity index (χ2n) is 5.23. The highest BCUT2D eigenvalue weighted by Gasteiger charge is 2.12. The minimum Gasteiger partial charge on any atom is -0.348 e. The molecule has 5 heteroatoms. The molecular formula is C16H20N4O. The number of hydrogen-bond donors (Lipinski definition) is 1. The van der Waals surface area contributed by atoms with Crippen molar-refractivity contribution in [2.24, 2.45) is 0 Å². The molecule has 0 fully saturated rings. The zero-order chi connectivity index (χ0) is 15.4. The monoisotopic (exact) mass is 284 g/mol. The van der Waals surface area contributed by atoms with E-state index in [1.165, 1.54) is 5.56 Å². The van der Waals surface area contributed by atoms with Gasteiger partial charge in [-0.05, 0) is 19.4 Å². The van der Waals surface area contributed by atoms with Gasteiger partial charge in [-0.15, -0.1) is 0 Å². The van der Waals surface area contributed by atoms with Gasteiger partial charge in [0, 0.05) is 26.8 Å². The van der Waals surface area contributed by atoms with E-state index in [1.54, 1.807) is 11.1 Å². The molecule has 0 radical (unpaired) electrons. The van der Waals surface area contributed by atoms with E-state index in [-0.39, 0.29) is 5.91 Å². The number of rotatable bonds is 4. The summed E-state index contributed by atoms with van der Waals surface area (Å²) in [4.78, 5) is 22.5. The van der Waals surface area contributed by atoms with Crippen LogP contribution < -0.4 is 10.2 Å². The van der Waals surface area contributed by atoms with Crippen molar-refractivity contribution in [3.8, 4) is 0 Å². The number of anilines is 1. The Bertz CT molecular complexity index is 635. The van der Waals surface area contributed by atoms with Crippen molar-refractivity contribution in [2.45, 2.75) is 20.4 Å². The average Bonchev–Trinajstić information content (AvgIpc) is 2.46. The van der Waals surface area contributed by atoms with E-state index in [0.717, 1.165) is 5.56 Å². The largest absolute Gasteiger partial charge is 0.348 e. The lowest BCUT2D eigenvalue weighted by atomic mass is 10.1. The first-order valence-electron chi connectivity index (χ1n) is 6.82. The summed E-state index contributed by atoms with van der Waals surface area (Å²) in [6.45, 7) is 4.35. The fourth-order valence-corrected chi connectivity index (χ4v) is 1.88. The maximum atomic E-state index is 12.2. The van der Waals surface area contributed by atoms with Gasteiger partial charge in [-0.3, -0.25) is 4.79 Å². The van der Waals surface area contributed by atoms with Gasteiger partial charge in [0.25, 0.3) is 5.91 Å². The predicted octanol–water partition coefficient (Wildman–Crippen LogP) is 2.09. The number of nitrogens with one attached hydrogen (secondary N) is 1. The number of nitrogens with zero attached hydrogens (tertiary/aromatic N) is 3. The second kappa shape index (κ2) is 6.35. The quantitative estimate of drug-likeness (QED) is 0.934. The Morgan fingerprint density at radius 2 is 1.86 bits per heavy atom. The molecule has 5 nitrogen and oxygen atoms in total. The molecule has 0 atom stereocenters. The molecular weight excluding hydrogens is 264 g/mol. The van der Waals surface area contributed by atoms with Gasteiger partial charge in [0.2, 0.25) is 5.95 Å². The highest BCUT2D eigenvalue weighted by Crippen LogP contribution is 2.09. The maximum absolute atomic E-state index is 12.2. The van der Waals surface area contributed by atoms with Crippen LogP contribution in [0.1, 0.15) is 27.2 Å². The van der Waals surface area contributed by atoms with Gasteiger partial charge in [-0.25, -0.2) is 9.97 Å². The van der Waals surface area contributed by atoms with Crippen LogP contribution in [0.3, 0.4) is 0 Å². The molecule has 110 valence electrons. The summed E-state index contributed by atoms with van der Waals surface area (Å²) in [5.41, 5.74) is 3.45. The van der Waals surface area contributed by atoms with Gasteiger partial charge >= 0.3 is 0 Å². The minimum absolute atomic E-state index is 0.154. The number of hydrogen-bond acceptors (Lipinski definition) is 4. The molecule has 0 saturated heterocycles. The standard InChI is InChI=1S/C16H20N4O/c1-11-5-7-13(8-6-11)9-17-15(21)14-10-18-16(20(3)4)19-12(14)2/h5-8,10H,9H2,1-4H3,(H,17,21). The fourth-order valence-electron chi connectivity index (χ4n) is 1.88. The number of aromatic nitrogens is 2. The fraction of sp³-hybridized carbons (Fsp3) is 0.312. The van der Waals surface area contributed by atoms with Crippen molar-refractivity contribution >= 4 is 11.9 Å². The van der Waals surface area contributed by atoms with Crippen LogP contribution in [0.2, 0.25) is 0 Å². The van der Waals surface area contributed by atoms with E-state index in [4.69, 9.17) is 0 Å². The molecule has 0 aliphatic rings. The predicted molar refractivity (Wildman–Crippen MR) is 83.4 cm³/mol. The van der Waals surface area contributed by atoms with E-state index in [0.29, 0.717) is 23.8 Å². The maximum Gasteiger partial charge on any atom is 0.254 e. The molecule has 0 aliphatic carbocycles. The average molecular weight is 284 g/mol. The first-order valence-corrected chi connectivity index (χ1v) is 6.82. The van der Waals surface area contributed by atoms with Crippen LogP contribution in [0.5, 0.6) is 0 Å². The van der Waals surface area contributed by atoms with Crippen LogP contribution >= 0.6 is 0 Å². The van der Waals surface area contributed by atoms with Gasteiger partial charge in [0.1, 0.15) is 0 Å². The lowest BCUT2D eigenvalue weighted by molar-refractivity contribution is 0.0949. The lowest BCUT2D eigenvalue weighted by Gasteiger charge is -2.12. The Balaban J connectivity index is 2.05. The van der Waals surface area contributed by atoms with E-state index < -0.39 is 0 Å². The molecule has 0 aliphatic heterocycles. The number of benzene rings is 1. The first kappa shape index (κ1) is 15.0. The summed E-state index contributed by atoms with van der Waals surface area (Å²) >= 11 is 0. The summed E-state index contributed by atoms with van der Waals surface area (Å²) in [5.74, 6) is 0.445. The molecule has 0 spiro atoms. The van der Waals surface area contributed by atoms with Crippen LogP contribution in [0, 0.1) is 13.8 Å². The van der Waals surface area contributed by atoms with Gasteiger partial charge in [-0.2, -0.15) is 0 Å². The molecule has 1 heterocycles. The third kappa shape index (κ3) is 3.78. The lowest BCUT2D eigenvalue weighted by Crippen LogP contribution is -2.25. The van der Waals surface area contributed by atoms with Crippen molar-refractivity contribution in [1.82, 2.24) is 15.3 Å². The number of carbonyl (C=O) groups excluding carboxylic acids is 1. The van der Waals surface area contributed by atoms with Crippen LogP contribution in [-0.2, 0) is 6.54 Å². The second-order valence-corrected chi connectivity index (χ2v) is 5.23. The number of amides is 1. The Labute approximate surface area is 125 Å². The Kier molecular flexibility index (Phi) is 4.52. The van der Waals surface area contributed by atoms with Crippen molar-refractivity contribution in [1.29, 1.82) is 0 Å². The molecule has 2 rings (SSSR count). The molecule has 0 bridgehead atoms. The molecule has 1 N–H and O–H groups in total. The first-order chi connectivity index (χ1) is 9.97. The molecule has 1 aromatic heterocycles. The van der Waals surface area contributed by atoms with Crippen LogP contribution in [0.4, 0.5) is 5.95 Å². The highest BCUT2D eigenvalue weighted by molar-refractivity contribution is 5.94. The van der Waals surface area contributed by atoms with Crippen LogP contribution in [0.25, 0.3) is 0 Å². The van der Waals surface area contributed by atoms with Gasteiger partial charge in [0.15, 0.2) is 0 Å². The molecule has 1 aromatic carbocycles. The molecule has 0 saturated carbocycles. The van der Waals surface area contributed by atoms with Crippen LogP contribution in [0.15, 0.2) is 30.5 Å². The van der Waals surface area contributed by atoms with E-state index in [1.807, 2.05) is 52.2 Å². The van der Waals surface area contributed by atoms with Crippen molar-refractivity contribution in [3.05, 3.63) is 52.8 Å². The van der Waals surface area contributed by atoms with E-state index in [9.17, 15) is 4.79 Å². The summed E-state index contributed by atoms with van der Waals surface area (Å²) in [6.07, 6.45) is 1.57. The number of aryl methyl sites for hydroxylation is 2. The normalized spacial score (nSPS) is 10.3. The van der Waals surface area contributed by atoms with Crippen molar-refractivity contribution in [2.75, 3.05) is 19.0 Å². The minimum atomic E-state index is -0.154. The molecule has 2 aromatic rings. The zero-order valence-electron chi connectivity index (χ0n) is 12.8. The molecule has 0 unspecified atom stereocenters. The Hall–Kier alpha value is -2.43. The topological polar surface area (TPSA) is 58.1 Å². The Morgan fingerprint density at radius 3 is 2.43 bits per heavy atom. The SMILES string of the molecule is Cc1ccc(CNC(=O)c2cnc(N(C)C)nc2C)cc1. The number of carbonyl (C=O) groups is 1. The summed E-state index contributed by atoms with van der Waals surface area (Å²) < 4.78 is 0. The summed E-state index contributed by atoms with van der Waals surface area (Å²) in [7, 11) is 3.73. The Morgan fingerprint density at radius 1 is 1.19 bits per heavy atom. The zero-order valence-corrected chi connectivity index (χ0v) is 12.8. The van der Waals surface area contributed by atoms with Crippen LogP contribution in [-0.4, -0.2) is 30.0 Å². The van der Waals surface area contributed by atoms with Crippen molar-refractivity contribution < 1.29 is 4.79 Å². The van der Waals surface area contributed by atoms with E-state index >= 15 is 0 Å². The molecule has 1 amide bonds. The third-order valence-electron chi connectivity index (χ3n) is 3.18. The third-order valence-corrected chi connectivity index (χ3v) is 3.18. The van der Waals surface area contributed by atoms with E-state index in [2.05, 4.69) is 15.3 Å². The summed E-state index contributed by atoms with van der Waals surface area (Å²) in [6, 6.07) is 8.08. The van der Waals surface area contributed by atoms with Gasteiger partial charge in [0.05, 0.1) is 11.3 Å². The summed E-state index contributed by atoms with van der Waals surface area (Å²) in [5, 5.41) is 2.89. The van der Waals surface area contributed by atoms with Gasteiger partial charge in [-0.1, -0.05) is 29.8 Å². The highest BCUT2D eigenvalue weighted by atomic mass is 16.1. The smallest absolute Gasteiger partial charge is 0.254 e. The molecule has 21 heavy (non-hydrogen) atoms. The van der Waals surface area contributed by atoms with Crippen molar-refractivity contribution in [3.63, 3.8) is 0 Å². The van der Waals surface area contributed by atoms with Gasteiger partial charge < -0.3 is 10.2 Å².